The van der Waals surface area contributed by atoms with Crippen LogP contribution in [-0.2, 0) is 4.79 Å². The lowest BCUT2D eigenvalue weighted by Crippen LogP contribution is -2.52. The molecule has 1 aliphatic heterocycles. The summed E-state index contributed by atoms with van der Waals surface area (Å²) < 4.78 is 1.54. The zero-order valence-electron chi connectivity index (χ0n) is 11.9. The van der Waals surface area contributed by atoms with Gasteiger partial charge in [0.1, 0.15) is 5.82 Å². The van der Waals surface area contributed by atoms with Gasteiger partial charge in [0.15, 0.2) is 6.29 Å². The van der Waals surface area contributed by atoms with Crippen molar-refractivity contribution in [2.45, 2.75) is 32.6 Å². The van der Waals surface area contributed by atoms with Crippen LogP contribution in [0.5, 0.6) is 0 Å². The number of carbonyl (C=O) groups is 2. The van der Waals surface area contributed by atoms with Gasteiger partial charge in [-0.15, -0.1) is 11.6 Å². The quantitative estimate of drug-likeness (QED) is 0.608. The van der Waals surface area contributed by atoms with Gasteiger partial charge in [0.2, 0.25) is 5.91 Å². The van der Waals surface area contributed by atoms with Crippen LogP contribution in [0.2, 0.25) is 0 Å². The monoisotopic (exact) mass is 314 g/mol. The number of alkyl halides is 1. The van der Waals surface area contributed by atoms with Crippen LogP contribution < -0.4 is 21.3 Å². The summed E-state index contributed by atoms with van der Waals surface area (Å²) in [5.74, 6) is 0.770. The first-order chi connectivity index (χ1) is 9.99. The van der Waals surface area contributed by atoms with E-state index in [1.807, 2.05) is 13.8 Å². The van der Waals surface area contributed by atoms with E-state index in [-0.39, 0.29) is 18.0 Å². The molecule has 0 aromatic carbocycles. The molecule has 1 aliphatic rings. The lowest BCUT2D eigenvalue weighted by Gasteiger charge is -2.30. The number of carbonyl (C=O) groups excluding carboxylic acids is 2. The van der Waals surface area contributed by atoms with Gasteiger partial charge in [-0.3, -0.25) is 15.4 Å². The molecule has 116 valence electrons. The number of rotatable bonds is 4. The van der Waals surface area contributed by atoms with Crippen LogP contribution in [0, 0.1) is 6.92 Å². The van der Waals surface area contributed by atoms with Gasteiger partial charge in [0.25, 0.3) is 0 Å². The number of urea groups is 1. The molecule has 3 amide bonds. The second kappa shape index (κ2) is 6.77. The zero-order chi connectivity index (χ0) is 15.4. The number of aryl methyl sites for hydroxylation is 1. The van der Waals surface area contributed by atoms with Gasteiger partial charge in [-0.1, -0.05) is 0 Å². The average molecular weight is 315 g/mol. The fraction of sp³-hybridized carbons (Fsp3) is 0.583. The summed E-state index contributed by atoms with van der Waals surface area (Å²) >= 11 is 5.52. The van der Waals surface area contributed by atoms with E-state index in [0.29, 0.717) is 24.7 Å². The van der Waals surface area contributed by atoms with Gasteiger partial charge in [0.05, 0.1) is 5.69 Å². The van der Waals surface area contributed by atoms with Crippen molar-refractivity contribution in [3.63, 3.8) is 0 Å². The Bertz CT molecular complexity index is 532. The van der Waals surface area contributed by atoms with Gasteiger partial charge >= 0.3 is 6.03 Å². The largest absolute Gasteiger partial charge is 0.337 e. The molecule has 2 heterocycles. The second-order valence-electron chi connectivity index (χ2n) is 4.93. The topological polar surface area (TPSA) is 100 Å². The number of halogens is 1. The molecule has 0 bridgehead atoms. The van der Waals surface area contributed by atoms with Crippen LogP contribution in [0.1, 0.15) is 25.3 Å². The van der Waals surface area contributed by atoms with E-state index < -0.39 is 6.29 Å². The van der Waals surface area contributed by atoms with Crippen LogP contribution >= 0.6 is 11.6 Å². The highest BCUT2D eigenvalue weighted by Gasteiger charge is 2.26. The fourth-order valence-corrected chi connectivity index (χ4v) is 2.21. The summed E-state index contributed by atoms with van der Waals surface area (Å²) in [5.41, 5.74) is 0.733. The van der Waals surface area contributed by atoms with E-state index in [1.165, 1.54) is 0 Å². The number of nitrogens with one attached hydrogen (secondary N) is 4. The van der Waals surface area contributed by atoms with E-state index >= 15 is 0 Å². The molecule has 0 spiro atoms. The second-order valence-corrected chi connectivity index (χ2v) is 5.31. The molecule has 0 aliphatic carbocycles. The molecular formula is C12H19ClN6O2. The zero-order valence-corrected chi connectivity index (χ0v) is 12.7. The maximum atomic E-state index is 11.7. The highest BCUT2D eigenvalue weighted by Crippen LogP contribution is 2.16. The smallest absolute Gasteiger partial charge is 0.320 e. The van der Waals surface area contributed by atoms with Crippen LogP contribution in [0.3, 0.4) is 0 Å². The van der Waals surface area contributed by atoms with Crippen LogP contribution in [0.25, 0.3) is 0 Å². The normalized spacial score (nSPS) is 21.8. The van der Waals surface area contributed by atoms with Crippen LogP contribution in [-0.4, -0.2) is 40.2 Å². The van der Waals surface area contributed by atoms with E-state index in [4.69, 9.17) is 11.6 Å². The Morgan fingerprint density at radius 2 is 2.38 bits per heavy atom. The molecule has 9 heteroatoms. The summed E-state index contributed by atoms with van der Waals surface area (Å²) in [7, 11) is 0. The Labute approximate surface area is 127 Å². The van der Waals surface area contributed by atoms with Gasteiger partial charge in [-0.2, -0.15) is 5.10 Å². The Hall–Kier alpha value is -1.80. The SMILES string of the molecule is Cc1cc(NC(=O)NCCCl)n(C2NC(=O)CC(C)N2)n1. The van der Waals surface area contributed by atoms with E-state index in [2.05, 4.69) is 26.4 Å². The van der Waals surface area contributed by atoms with E-state index in [1.54, 1.807) is 10.7 Å². The molecule has 1 aromatic rings. The van der Waals surface area contributed by atoms with Gasteiger partial charge in [-0.25, -0.2) is 9.48 Å². The minimum atomic E-state index is -0.488. The summed E-state index contributed by atoms with van der Waals surface area (Å²) in [4.78, 5) is 23.3. The minimum absolute atomic E-state index is 0.0335. The number of aromatic nitrogens is 2. The molecule has 2 rings (SSSR count). The standard InChI is InChI=1S/C12H19ClN6O2/c1-7-6-10(20)17-11(15-7)19-9(5-8(2)18-19)16-12(21)14-4-3-13/h5,7,11,15H,3-4,6H2,1-2H3,(H,17,20)(H2,14,16,21). The molecule has 21 heavy (non-hydrogen) atoms. The maximum absolute atomic E-state index is 11.7. The molecule has 2 unspecified atom stereocenters. The lowest BCUT2D eigenvalue weighted by atomic mass is 10.2. The van der Waals surface area contributed by atoms with Gasteiger partial charge < -0.3 is 10.6 Å². The van der Waals surface area contributed by atoms with Crippen LogP contribution in [0.15, 0.2) is 6.07 Å². The molecular weight excluding hydrogens is 296 g/mol. The minimum Gasteiger partial charge on any atom is -0.337 e. The van der Waals surface area contributed by atoms with Crippen molar-refractivity contribution in [3.8, 4) is 0 Å². The third-order valence-corrected chi connectivity index (χ3v) is 3.14. The summed E-state index contributed by atoms with van der Waals surface area (Å²) in [6, 6.07) is 1.39. The molecule has 2 atom stereocenters. The number of hydrogen-bond acceptors (Lipinski definition) is 4. The molecule has 1 saturated heterocycles. The Kier molecular flexibility index (Phi) is 5.03. The van der Waals surface area contributed by atoms with Crippen molar-refractivity contribution in [3.05, 3.63) is 11.8 Å². The molecule has 4 N–H and O–H groups in total. The van der Waals surface area contributed by atoms with Crippen molar-refractivity contribution in [1.29, 1.82) is 0 Å². The first-order valence-electron chi connectivity index (χ1n) is 6.72. The average Bonchev–Trinajstić information content (AvgIpc) is 2.76. The van der Waals surface area contributed by atoms with Gasteiger partial charge in [-0.05, 0) is 13.8 Å². The van der Waals surface area contributed by atoms with E-state index in [9.17, 15) is 9.59 Å². The van der Waals surface area contributed by atoms with Crippen molar-refractivity contribution >= 4 is 29.4 Å². The predicted molar refractivity (Wildman–Crippen MR) is 79.1 cm³/mol. The van der Waals surface area contributed by atoms with Crippen molar-refractivity contribution in [1.82, 2.24) is 25.7 Å². The van der Waals surface area contributed by atoms with Crippen molar-refractivity contribution in [2.75, 3.05) is 17.7 Å². The Balaban J connectivity index is 2.12. The first-order valence-corrected chi connectivity index (χ1v) is 7.25. The Morgan fingerprint density at radius 1 is 1.62 bits per heavy atom. The van der Waals surface area contributed by atoms with Crippen molar-refractivity contribution in [2.24, 2.45) is 0 Å². The predicted octanol–water partition coefficient (Wildman–Crippen LogP) is 0.506. The Morgan fingerprint density at radius 3 is 3.05 bits per heavy atom. The van der Waals surface area contributed by atoms with E-state index in [0.717, 1.165) is 5.69 Å². The molecule has 0 saturated carbocycles. The molecule has 1 fully saturated rings. The number of hydrogen-bond donors (Lipinski definition) is 4. The highest BCUT2D eigenvalue weighted by atomic mass is 35.5. The molecule has 8 nitrogen and oxygen atoms in total. The maximum Gasteiger partial charge on any atom is 0.320 e. The fourth-order valence-electron chi connectivity index (χ4n) is 2.12. The highest BCUT2D eigenvalue weighted by molar-refractivity contribution is 6.18. The molecule has 1 aromatic heterocycles. The first kappa shape index (κ1) is 15.6. The van der Waals surface area contributed by atoms with Crippen LogP contribution in [0.4, 0.5) is 10.6 Å². The molecule has 0 radical (unpaired) electrons. The third-order valence-electron chi connectivity index (χ3n) is 2.96. The number of amides is 3. The van der Waals surface area contributed by atoms with Gasteiger partial charge in [0, 0.05) is 31.0 Å². The lowest BCUT2D eigenvalue weighted by molar-refractivity contribution is -0.125. The van der Waals surface area contributed by atoms with Crippen molar-refractivity contribution < 1.29 is 9.59 Å². The third kappa shape index (κ3) is 4.08. The number of anilines is 1. The summed E-state index contributed by atoms with van der Waals surface area (Å²) in [6.45, 7) is 4.10. The summed E-state index contributed by atoms with van der Waals surface area (Å²) in [6.07, 6.45) is -0.0753. The number of nitrogens with zero attached hydrogens (tertiary/aromatic N) is 2. The summed E-state index contributed by atoms with van der Waals surface area (Å²) in [5, 5.41) is 15.6.